The summed E-state index contributed by atoms with van der Waals surface area (Å²) in [6, 6.07) is 14.7. The number of thiophene rings is 2. The Hall–Kier alpha value is -1.33. The van der Waals surface area contributed by atoms with Crippen LogP contribution in [0, 0.1) is 0 Å². The molecule has 0 bridgehead atoms. The number of para-hydroxylation sites is 1. The van der Waals surface area contributed by atoms with E-state index in [1.54, 1.807) is 22.7 Å². The van der Waals surface area contributed by atoms with E-state index in [-0.39, 0.29) is 0 Å². The summed E-state index contributed by atoms with van der Waals surface area (Å²) in [5.41, 5.74) is 3.69. The fourth-order valence-corrected chi connectivity index (χ4v) is 6.12. The second kappa shape index (κ2) is 5.08. The Labute approximate surface area is 153 Å². The number of fused-ring (bicyclic) bond motifs is 5. The van der Waals surface area contributed by atoms with Crippen LogP contribution in [0.1, 0.15) is 0 Å². The molecule has 3 aromatic heterocycles. The summed E-state index contributed by atoms with van der Waals surface area (Å²) in [7, 11) is 0. The van der Waals surface area contributed by atoms with Crippen LogP contribution in [0.5, 0.6) is 0 Å². The van der Waals surface area contributed by atoms with E-state index >= 15 is 0 Å². The molecule has 0 aliphatic carbocycles. The second-order valence-electron chi connectivity index (χ2n) is 5.39. The molecular formula is C18H9BrClNS2. The van der Waals surface area contributed by atoms with Gasteiger partial charge in [-0.3, -0.25) is 0 Å². The largest absolute Gasteiger partial charge is 0.307 e. The zero-order valence-electron chi connectivity index (χ0n) is 11.7. The van der Waals surface area contributed by atoms with Gasteiger partial charge in [0.1, 0.15) is 0 Å². The van der Waals surface area contributed by atoms with Crippen LogP contribution in [0.2, 0.25) is 5.02 Å². The predicted molar refractivity (Wildman–Crippen MR) is 107 cm³/mol. The van der Waals surface area contributed by atoms with Gasteiger partial charge in [-0.1, -0.05) is 45.7 Å². The average molecular weight is 419 g/mol. The van der Waals surface area contributed by atoms with Crippen LogP contribution in [0.4, 0.5) is 0 Å². The number of rotatable bonds is 1. The summed E-state index contributed by atoms with van der Waals surface area (Å²) in [6.45, 7) is 0. The lowest BCUT2D eigenvalue weighted by atomic mass is 10.2. The summed E-state index contributed by atoms with van der Waals surface area (Å²) in [4.78, 5) is 0. The monoisotopic (exact) mass is 417 g/mol. The topological polar surface area (TPSA) is 4.93 Å². The maximum Gasteiger partial charge on any atom is 0.0729 e. The molecule has 0 N–H and O–H groups in total. The molecule has 0 spiro atoms. The summed E-state index contributed by atoms with van der Waals surface area (Å²) in [5, 5.41) is 7.77. The van der Waals surface area contributed by atoms with Crippen molar-refractivity contribution in [2.45, 2.75) is 0 Å². The molecule has 0 fully saturated rings. The Bertz CT molecular complexity index is 1180. The average Bonchev–Trinajstić information content (AvgIpc) is 3.20. The van der Waals surface area contributed by atoms with E-state index in [9.17, 15) is 0 Å². The van der Waals surface area contributed by atoms with Crippen molar-refractivity contribution < 1.29 is 0 Å². The Balaban J connectivity index is 2.07. The van der Waals surface area contributed by atoms with E-state index in [0.717, 1.165) is 14.2 Å². The van der Waals surface area contributed by atoms with Gasteiger partial charge in [-0.2, -0.15) is 0 Å². The van der Waals surface area contributed by atoms with Crippen LogP contribution in [0.3, 0.4) is 0 Å². The summed E-state index contributed by atoms with van der Waals surface area (Å²) in [5.74, 6) is 0. The molecule has 0 aliphatic heterocycles. The fourth-order valence-electron chi connectivity index (χ4n) is 3.12. The number of aromatic nitrogens is 1. The highest BCUT2D eigenvalue weighted by Crippen LogP contribution is 2.46. The quantitative estimate of drug-likeness (QED) is 0.266. The number of benzene rings is 2. The predicted octanol–water partition coefficient (Wildman–Crippen LogP) is 7.48. The molecule has 0 radical (unpaired) electrons. The molecule has 5 heteroatoms. The first-order valence-corrected chi connectivity index (χ1v) is 10.0. The van der Waals surface area contributed by atoms with Crippen molar-refractivity contribution >= 4 is 81.4 Å². The molecule has 1 nitrogen and oxygen atoms in total. The third kappa shape index (κ3) is 1.96. The van der Waals surface area contributed by atoms with Gasteiger partial charge in [0, 0.05) is 31.7 Å². The lowest BCUT2D eigenvalue weighted by molar-refractivity contribution is 1.19. The minimum Gasteiger partial charge on any atom is -0.307 e. The fraction of sp³-hybridized carbons (Fsp3) is 0. The van der Waals surface area contributed by atoms with Crippen molar-refractivity contribution in [3.8, 4) is 5.69 Å². The second-order valence-corrected chi connectivity index (χ2v) is 8.47. The summed E-state index contributed by atoms with van der Waals surface area (Å²) in [6.07, 6.45) is 0. The van der Waals surface area contributed by atoms with Crippen LogP contribution in [-0.2, 0) is 0 Å². The van der Waals surface area contributed by atoms with Crippen LogP contribution < -0.4 is 0 Å². The van der Waals surface area contributed by atoms with Crippen molar-refractivity contribution in [1.29, 1.82) is 0 Å². The molecule has 5 rings (SSSR count). The molecule has 0 saturated heterocycles. The van der Waals surface area contributed by atoms with Gasteiger partial charge in [0.2, 0.25) is 0 Å². The lowest BCUT2D eigenvalue weighted by Gasteiger charge is -2.06. The Morgan fingerprint density at radius 3 is 2.61 bits per heavy atom. The van der Waals surface area contributed by atoms with Crippen molar-refractivity contribution in [1.82, 2.24) is 4.57 Å². The maximum absolute atomic E-state index is 6.49. The molecule has 0 unspecified atom stereocenters. The summed E-state index contributed by atoms with van der Waals surface area (Å²) < 4.78 is 5.82. The van der Waals surface area contributed by atoms with E-state index in [1.807, 2.05) is 12.1 Å². The molecular weight excluding hydrogens is 410 g/mol. The third-order valence-corrected chi connectivity index (χ3v) is 6.91. The molecule has 0 aliphatic rings. The molecule has 0 atom stereocenters. The highest BCUT2D eigenvalue weighted by molar-refractivity contribution is 9.10. The third-order valence-electron chi connectivity index (χ3n) is 4.05. The molecule has 23 heavy (non-hydrogen) atoms. The first-order chi connectivity index (χ1) is 11.2. The van der Waals surface area contributed by atoms with Crippen molar-refractivity contribution in [2.75, 3.05) is 0 Å². The highest BCUT2D eigenvalue weighted by atomic mass is 79.9. The zero-order valence-corrected chi connectivity index (χ0v) is 15.7. The first kappa shape index (κ1) is 14.1. The van der Waals surface area contributed by atoms with E-state index in [4.69, 9.17) is 11.6 Å². The van der Waals surface area contributed by atoms with Crippen molar-refractivity contribution in [2.24, 2.45) is 0 Å². The smallest absolute Gasteiger partial charge is 0.0729 e. The standard InChI is InChI=1S/C18H9BrClNS2/c19-10-6-12-16-18(23-17(12)14(20)7-10)13-8-22-9-15(13)21(16)11-4-2-1-3-5-11/h1-9H. The van der Waals surface area contributed by atoms with Gasteiger partial charge in [-0.05, 0) is 24.3 Å². The number of hydrogen-bond acceptors (Lipinski definition) is 2. The van der Waals surface area contributed by atoms with E-state index in [0.29, 0.717) is 0 Å². The first-order valence-electron chi connectivity index (χ1n) is 7.07. The Morgan fingerprint density at radius 1 is 0.957 bits per heavy atom. The van der Waals surface area contributed by atoms with Gasteiger partial charge in [-0.15, -0.1) is 22.7 Å². The molecule has 2 aromatic carbocycles. The number of halogens is 2. The van der Waals surface area contributed by atoms with E-state index in [2.05, 4.69) is 61.6 Å². The highest BCUT2D eigenvalue weighted by Gasteiger charge is 2.19. The molecule has 0 saturated carbocycles. The molecule has 112 valence electrons. The number of nitrogens with zero attached hydrogens (tertiary/aromatic N) is 1. The Morgan fingerprint density at radius 2 is 1.78 bits per heavy atom. The SMILES string of the molecule is Clc1cc(Br)cc2c1sc1c3cscc3n(-c3ccccc3)c21. The molecule has 0 amide bonds. The van der Waals surface area contributed by atoms with E-state index < -0.39 is 0 Å². The van der Waals surface area contributed by atoms with Gasteiger partial charge >= 0.3 is 0 Å². The zero-order chi connectivity index (χ0) is 15.6. The van der Waals surface area contributed by atoms with Gasteiger partial charge in [0.15, 0.2) is 0 Å². The normalized spacial score (nSPS) is 11.9. The van der Waals surface area contributed by atoms with E-state index in [1.165, 1.54) is 32.2 Å². The lowest BCUT2D eigenvalue weighted by Crippen LogP contribution is -1.92. The molecule has 5 aromatic rings. The van der Waals surface area contributed by atoms with Gasteiger partial charge in [-0.25, -0.2) is 0 Å². The minimum atomic E-state index is 0.804. The van der Waals surface area contributed by atoms with Crippen molar-refractivity contribution in [3.05, 3.63) is 62.7 Å². The number of hydrogen-bond donors (Lipinski definition) is 0. The van der Waals surface area contributed by atoms with Crippen LogP contribution >= 0.6 is 50.2 Å². The van der Waals surface area contributed by atoms with Gasteiger partial charge in [0.05, 0.1) is 25.5 Å². The van der Waals surface area contributed by atoms with Crippen LogP contribution in [-0.4, -0.2) is 4.57 Å². The Kier molecular flexibility index (Phi) is 3.10. The minimum absolute atomic E-state index is 0.804. The van der Waals surface area contributed by atoms with Gasteiger partial charge < -0.3 is 4.57 Å². The van der Waals surface area contributed by atoms with Crippen LogP contribution in [0.15, 0.2) is 57.7 Å². The summed E-state index contributed by atoms with van der Waals surface area (Å²) >= 11 is 13.6. The van der Waals surface area contributed by atoms with Gasteiger partial charge in [0.25, 0.3) is 0 Å². The molecule has 3 heterocycles. The van der Waals surface area contributed by atoms with Crippen molar-refractivity contribution in [3.63, 3.8) is 0 Å². The van der Waals surface area contributed by atoms with Crippen LogP contribution in [0.25, 0.3) is 36.9 Å². The maximum atomic E-state index is 6.49.